The van der Waals surface area contributed by atoms with Crippen molar-refractivity contribution in [2.75, 3.05) is 33.9 Å². The van der Waals surface area contributed by atoms with Crippen LogP contribution in [0.3, 0.4) is 0 Å². The number of allylic oxidation sites excluding steroid dienone is 2. The Morgan fingerprint density at radius 1 is 1.21 bits per heavy atom. The molecule has 0 unspecified atom stereocenters. The van der Waals surface area contributed by atoms with Crippen molar-refractivity contribution in [1.82, 2.24) is 4.90 Å². The lowest BCUT2D eigenvalue weighted by atomic mass is 9.58. The predicted molar refractivity (Wildman–Crippen MR) is 106 cm³/mol. The van der Waals surface area contributed by atoms with Gasteiger partial charge in [0.05, 0.1) is 37.6 Å². The average Bonchev–Trinajstić information content (AvgIpc) is 2.77. The molecular weight excluding hydrogens is 366 g/mol. The number of nitrogens with zero attached hydrogens (tertiary/aromatic N) is 4. The van der Waals surface area contributed by atoms with Gasteiger partial charge in [-0.05, 0) is 18.2 Å². The van der Waals surface area contributed by atoms with Gasteiger partial charge in [-0.15, -0.1) is 0 Å². The second kappa shape index (κ2) is 7.87. The van der Waals surface area contributed by atoms with Crippen LogP contribution >= 0.6 is 0 Å². The van der Waals surface area contributed by atoms with Gasteiger partial charge in [0.15, 0.2) is 16.9 Å². The fraction of sp³-hybridized carbons (Fsp3) is 0.409. The molecule has 0 aromatic heterocycles. The molecule has 0 bridgehead atoms. The first-order chi connectivity index (χ1) is 14.0. The van der Waals surface area contributed by atoms with Crippen LogP contribution in [0.1, 0.15) is 18.4 Å². The Hall–Kier alpha value is -3.47. The Balaban J connectivity index is 2.38. The normalized spacial score (nSPS) is 23.1. The van der Waals surface area contributed by atoms with Crippen molar-refractivity contribution in [3.8, 4) is 29.7 Å². The summed E-state index contributed by atoms with van der Waals surface area (Å²) in [6.07, 6.45) is 1.99. The van der Waals surface area contributed by atoms with E-state index in [-0.39, 0.29) is 17.2 Å². The Morgan fingerprint density at radius 3 is 2.48 bits per heavy atom. The number of ether oxygens (including phenoxy) is 2. The molecule has 1 aromatic carbocycles. The number of nitrogens with two attached hydrogens (primary N) is 1. The van der Waals surface area contributed by atoms with Crippen molar-refractivity contribution in [3.05, 3.63) is 46.7 Å². The molecule has 0 spiro atoms. The fourth-order valence-electron chi connectivity index (χ4n) is 4.50. The molecule has 3 rings (SSSR count). The lowest BCUT2D eigenvalue weighted by Gasteiger charge is -2.45. The Bertz CT molecular complexity index is 991. The van der Waals surface area contributed by atoms with Crippen LogP contribution in [-0.2, 0) is 0 Å². The van der Waals surface area contributed by atoms with E-state index in [1.165, 1.54) is 14.2 Å². The third-order valence-corrected chi connectivity index (χ3v) is 5.96. The van der Waals surface area contributed by atoms with Crippen molar-refractivity contribution in [3.63, 3.8) is 0 Å². The second-order valence-electron chi connectivity index (χ2n) is 7.11. The minimum absolute atomic E-state index is 0.00678. The van der Waals surface area contributed by atoms with Crippen LogP contribution in [0.4, 0.5) is 0 Å². The molecule has 0 amide bonds. The summed E-state index contributed by atoms with van der Waals surface area (Å²) in [6, 6.07) is 11.8. The van der Waals surface area contributed by atoms with Crippen molar-refractivity contribution in [2.24, 2.45) is 17.1 Å². The summed E-state index contributed by atoms with van der Waals surface area (Å²) in [5.41, 5.74) is 6.36. The average molecular weight is 389 g/mol. The maximum atomic E-state index is 10.2. The number of nitriles is 3. The van der Waals surface area contributed by atoms with Gasteiger partial charge in [0.1, 0.15) is 6.07 Å². The summed E-state index contributed by atoms with van der Waals surface area (Å²) in [5, 5.41) is 30.1. The van der Waals surface area contributed by atoms with Crippen LogP contribution < -0.4 is 15.2 Å². The van der Waals surface area contributed by atoms with E-state index in [0.29, 0.717) is 30.2 Å². The van der Waals surface area contributed by atoms with Gasteiger partial charge >= 0.3 is 0 Å². The number of hydrogen-bond acceptors (Lipinski definition) is 7. The summed E-state index contributed by atoms with van der Waals surface area (Å²) in [7, 11) is 3.07. The monoisotopic (exact) mass is 389 g/mol. The summed E-state index contributed by atoms with van der Waals surface area (Å²) >= 11 is 0. The van der Waals surface area contributed by atoms with Crippen LogP contribution in [0.25, 0.3) is 0 Å². The van der Waals surface area contributed by atoms with E-state index in [1.54, 1.807) is 12.1 Å². The van der Waals surface area contributed by atoms with E-state index in [2.05, 4.69) is 30.0 Å². The van der Waals surface area contributed by atoms with E-state index in [4.69, 9.17) is 15.2 Å². The van der Waals surface area contributed by atoms with Crippen LogP contribution in [0.2, 0.25) is 0 Å². The molecular formula is C22H23N5O2. The van der Waals surface area contributed by atoms with Gasteiger partial charge in [0.25, 0.3) is 0 Å². The van der Waals surface area contributed by atoms with Crippen LogP contribution in [0, 0.1) is 45.3 Å². The molecule has 1 aliphatic carbocycles. The van der Waals surface area contributed by atoms with Gasteiger partial charge in [0.2, 0.25) is 0 Å². The summed E-state index contributed by atoms with van der Waals surface area (Å²) < 4.78 is 11.1. The zero-order valence-corrected chi connectivity index (χ0v) is 16.8. The summed E-state index contributed by atoms with van der Waals surface area (Å²) in [5.74, 6) is 0.111. The second-order valence-corrected chi connectivity index (χ2v) is 7.11. The van der Waals surface area contributed by atoms with Gasteiger partial charge in [-0.3, -0.25) is 4.90 Å². The van der Waals surface area contributed by atoms with E-state index >= 15 is 0 Å². The van der Waals surface area contributed by atoms with Crippen molar-refractivity contribution < 1.29 is 9.47 Å². The maximum Gasteiger partial charge on any atom is 0.191 e. The molecule has 2 aliphatic rings. The molecule has 1 aliphatic heterocycles. The molecule has 1 heterocycles. The van der Waals surface area contributed by atoms with Crippen LogP contribution in [0.5, 0.6) is 11.5 Å². The van der Waals surface area contributed by atoms with Gasteiger partial charge in [-0.1, -0.05) is 25.1 Å². The first-order valence-electron chi connectivity index (χ1n) is 9.39. The van der Waals surface area contributed by atoms with Crippen molar-refractivity contribution >= 4 is 0 Å². The van der Waals surface area contributed by atoms with Gasteiger partial charge in [-0.2, -0.15) is 15.8 Å². The van der Waals surface area contributed by atoms with E-state index in [9.17, 15) is 15.8 Å². The maximum absolute atomic E-state index is 10.2. The van der Waals surface area contributed by atoms with Gasteiger partial charge in [-0.25, -0.2) is 0 Å². The Labute approximate surface area is 170 Å². The fourth-order valence-corrected chi connectivity index (χ4v) is 4.50. The summed E-state index contributed by atoms with van der Waals surface area (Å²) in [4.78, 5) is 2.21. The SMILES string of the molecule is CCN1CC=C2C(C#N)=C(N)C(C#N)(C#N)[C@H](c3cccc(OC)c3OC)[C@@H]2C1. The van der Waals surface area contributed by atoms with E-state index in [0.717, 1.165) is 12.1 Å². The largest absolute Gasteiger partial charge is 0.493 e. The summed E-state index contributed by atoms with van der Waals surface area (Å²) in [6.45, 7) is 4.17. The molecule has 0 fully saturated rings. The molecule has 7 nitrogen and oxygen atoms in total. The molecule has 0 saturated heterocycles. The molecule has 29 heavy (non-hydrogen) atoms. The Kier molecular flexibility index (Phi) is 5.50. The third kappa shape index (κ3) is 2.90. The highest BCUT2D eigenvalue weighted by Gasteiger charge is 2.55. The lowest BCUT2D eigenvalue weighted by Crippen LogP contribution is -2.48. The third-order valence-electron chi connectivity index (χ3n) is 5.96. The van der Waals surface area contributed by atoms with Crippen LogP contribution in [0.15, 0.2) is 41.1 Å². The number of fused-ring (bicyclic) bond motifs is 1. The molecule has 1 aromatic rings. The standard InChI is InChI=1S/C22H23N5O2/c1-4-27-9-8-14-16(10-23)21(26)22(12-24,13-25)19(17(14)11-27)15-6-5-7-18(28-2)20(15)29-3/h5-8,17,19H,4,9,11,26H2,1-3H3/t17-,19-/m1/s1. The first kappa shape index (κ1) is 20.3. The molecule has 0 radical (unpaired) electrons. The number of likely N-dealkylation sites (N-methyl/N-ethyl adjacent to an activating group) is 1. The predicted octanol–water partition coefficient (Wildman–Crippen LogP) is 2.45. The highest BCUT2D eigenvalue weighted by atomic mass is 16.5. The minimum Gasteiger partial charge on any atom is -0.493 e. The topological polar surface area (TPSA) is 119 Å². The zero-order valence-electron chi connectivity index (χ0n) is 16.8. The molecule has 2 N–H and O–H groups in total. The molecule has 0 saturated carbocycles. The number of benzene rings is 1. The quantitative estimate of drug-likeness (QED) is 0.840. The minimum atomic E-state index is -1.69. The molecule has 148 valence electrons. The van der Waals surface area contributed by atoms with E-state index in [1.807, 2.05) is 12.1 Å². The smallest absolute Gasteiger partial charge is 0.191 e. The highest BCUT2D eigenvalue weighted by molar-refractivity contribution is 5.62. The molecule has 2 atom stereocenters. The Morgan fingerprint density at radius 2 is 1.93 bits per heavy atom. The highest BCUT2D eigenvalue weighted by Crippen LogP contribution is 2.56. The number of methoxy groups -OCH3 is 2. The number of rotatable bonds is 4. The zero-order chi connectivity index (χ0) is 21.2. The van der Waals surface area contributed by atoms with Crippen LogP contribution in [-0.4, -0.2) is 38.8 Å². The number of para-hydroxylation sites is 1. The first-order valence-corrected chi connectivity index (χ1v) is 9.39. The van der Waals surface area contributed by atoms with Gasteiger partial charge in [0, 0.05) is 30.5 Å². The number of hydrogen-bond donors (Lipinski definition) is 1. The lowest BCUT2D eigenvalue weighted by molar-refractivity contribution is 0.211. The van der Waals surface area contributed by atoms with Crippen molar-refractivity contribution in [1.29, 1.82) is 15.8 Å². The van der Waals surface area contributed by atoms with E-state index < -0.39 is 11.3 Å². The van der Waals surface area contributed by atoms with Gasteiger partial charge < -0.3 is 15.2 Å². The molecule has 7 heteroatoms. The van der Waals surface area contributed by atoms with Crippen molar-refractivity contribution in [2.45, 2.75) is 12.8 Å².